The normalized spacial score (nSPS) is 10.2. The zero-order valence-electron chi connectivity index (χ0n) is 9.68. The number of hydrogen-bond donors (Lipinski definition) is 0. The second kappa shape index (κ2) is 6.80. The van der Waals surface area contributed by atoms with Crippen molar-refractivity contribution in [3.05, 3.63) is 58.3 Å². The van der Waals surface area contributed by atoms with Crippen LogP contribution in [0.25, 0.3) is 0 Å². The number of ether oxygens (including phenoxy) is 1. The lowest BCUT2D eigenvalue weighted by Gasteiger charge is -2.04. The molecule has 0 unspecified atom stereocenters. The zero-order chi connectivity index (χ0) is 13.7. The maximum atomic E-state index is 11.7. The Kier molecular flexibility index (Phi) is 5.07. The number of pyridine rings is 1. The van der Waals surface area contributed by atoms with Crippen LogP contribution >= 0.6 is 35.0 Å². The van der Waals surface area contributed by atoms with E-state index in [1.807, 2.05) is 12.1 Å². The van der Waals surface area contributed by atoms with E-state index in [1.165, 1.54) is 18.0 Å². The summed E-state index contributed by atoms with van der Waals surface area (Å²) in [5.74, 6) is -0.200. The summed E-state index contributed by atoms with van der Waals surface area (Å²) in [6.07, 6.45) is 1.39. The Bertz CT molecular complexity index is 558. The number of rotatable bonds is 4. The number of thioether (sulfide) groups is 1. The molecule has 0 aliphatic rings. The molecule has 0 spiro atoms. The Morgan fingerprint density at radius 2 is 1.89 bits per heavy atom. The summed E-state index contributed by atoms with van der Waals surface area (Å²) < 4.78 is 5.11. The van der Waals surface area contributed by atoms with Crippen LogP contribution in [-0.4, -0.2) is 16.9 Å². The molecule has 1 aromatic heterocycles. The van der Waals surface area contributed by atoms with Crippen LogP contribution in [0.5, 0.6) is 0 Å². The number of nitrogens with zero attached hydrogens (tertiary/aromatic N) is 1. The van der Waals surface area contributed by atoms with Crippen LogP contribution in [0.1, 0.15) is 10.4 Å². The van der Waals surface area contributed by atoms with E-state index < -0.39 is 5.97 Å². The molecule has 0 amide bonds. The first-order chi connectivity index (χ1) is 9.15. The van der Waals surface area contributed by atoms with Crippen LogP contribution in [0.15, 0.2) is 47.5 Å². The molecule has 3 nitrogen and oxygen atoms in total. The van der Waals surface area contributed by atoms with Gasteiger partial charge in [-0.3, -0.25) is 0 Å². The largest absolute Gasteiger partial charge is 0.451 e. The zero-order valence-corrected chi connectivity index (χ0v) is 12.0. The first-order valence-electron chi connectivity index (χ1n) is 5.32. The quantitative estimate of drug-likeness (QED) is 0.365. The molecule has 0 radical (unpaired) electrons. The molecule has 0 bridgehead atoms. The van der Waals surface area contributed by atoms with E-state index in [-0.39, 0.29) is 5.94 Å². The van der Waals surface area contributed by atoms with Gasteiger partial charge in [-0.25, -0.2) is 9.78 Å². The van der Waals surface area contributed by atoms with Crippen LogP contribution < -0.4 is 0 Å². The third kappa shape index (κ3) is 4.42. The molecule has 0 saturated carbocycles. The Hall–Kier alpha value is -1.23. The standard InChI is InChI=1S/C13H9Cl2NO2S/c14-10-2-4-11(5-3-10)19-8-18-13(17)9-1-6-12(15)16-7-9/h1-7H,8H2. The van der Waals surface area contributed by atoms with E-state index in [9.17, 15) is 4.79 Å². The molecule has 0 fully saturated rings. The van der Waals surface area contributed by atoms with E-state index >= 15 is 0 Å². The van der Waals surface area contributed by atoms with E-state index in [0.29, 0.717) is 15.7 Å². The highest BCUT2D eigenvalue weighted by atomic mass is 35.5. The number of hydrogen-bond acceptors (Lipinski definition) is 4. The van der Waals surface area contributed by atoms with Crippen molar-refractivity contribution in [3.8, 4) is 0 Å². The predicted molar refractivity (Wildman–Crippen MR) is 76.8 cm³/mol. The smallest absolute Gasteiger partial charge is 0.340 e. The molecule has 19 heavy (non-hydrogen) atoms. The fourth-order valence-electron chi connectivity index (χ4n) is 1.26. The van der Waals surface area contributed by atoms with Gasteiger partial charge in [-0.15, -0.1) is 0 Å². The highest BCUT2D eigenvalue weighted by Gasteiger charge is 2.07. The second-order valence-corrected chi connectivity index (χ2v) is 5.34. The van der Waals surface area contributed by atoms with Crippen molar-refractivity contribution in [2.24, 2.45) is 0 Å². The van der Waals surface area contributed by atoms with Gasteiger partial charge in [-0.2, -0.15) is 0 Å². The lowest BCUT2D eigenvalue weighted by Crippen LogP contribution is -2.04. The molecule has 2 rings (SSSR count). The van der Waals surface area contributed by atoms with Crippen molar-refractivity contribution in [2.45, 2.75) is 4.90 Å². The highest BCUT2D eigenvalue weighted by Crippen LogP contribution is 2.20. The van der Waals surface area contributed by atoms with Crippen molar-refractivity contribution < 1.29 is 9.53 Å². The van der Waals surface area contributed by atoms with Gasteiger partial charge in [0.2, 0.25) is 0 Å². The van der Waals surface area contributed by atoms with Crippen LogP contribution in [0, 0.1) is 0 Å². The van der Waals surface area contributed by atoms with Gasteiger partial charge in [0.25, 0.3) is 0 Å². The maximum absolute atomic E-state index is 11.7. The number of esters is 1. The van der Waals surface area contributed by atoms with E-state index in [4.69, 9.17) is 27.9 Å². The Morgan fingerprint density at radius 3 is 2.53 bits per heavy atom. The molecule has 0 saturated heterocycles. The number of halogens is 2. The van der Waals surface area contributed by atoms with Crippen LogP contribution in [0.2, 0.25) is 10.2 Å². The minimum atomic E-state index is -0.425. The number of benzene rings is 1. The van der Waals surface area contributed by atoms with Gasteiger partial charge in [-0.05, 0) is 36.4 Å². The molecule has 0 atom stereocenters. The van der Waals surface area contributed by atoms with Gasteiger partial charge in [0.1, 0.15) is 11.1 Å². The van der Waals surface area contributed by atoms with Crippen molar-refractivity contribution in [1.29, 1.82) is 0 Å². The monoisotopic (exact) mass is 313 g/mol. The Morgan fingerprint density at radius 1 is 1.16 bits per heavy atom. The number of carbonyl (C=O) groups excluding carboxylic acids is 1. The van der Waals surface area contributed by atoms with E-state index in [1.54, 1.807) is 24.3 Å². The molecule has 0 aliphatic heterocycles. The molecule has 98 valence electrons. The summed E-state index contributed by atoms with van der Waals surface area (Å²) in [4.78, 5) is 16.5. The maximum Gasteiger partial charge on any atom is 0.340 e. The summed E-state index contributed by atoms with van der Waals surface area (Å²) in [6.45, 7) is 0. The van der Waals surface area contributed by atoms with Crippen molar-refractivity contribution in [3.63, 3.8) is 0 Å². The fourth-order valence-corrected chi connectivity index (χ4v) is 2.13. The Labute approximate surface area is 124 Å². The molecule has 0 N–H and O–H groups in total. The minimum Gasteiger partial charge on any atom is -0.451 e. The minimum absolute atomic E-state index is 0.225. The SMILES string of the molecule is O=C(OCSc1ccc(Cl)cc1)c1ccc(Cl)nc1. The molecular formula is C13H9Cl2NO2S. The fraction of sp³-hybridized carbons (Fsp3) is 0.0769. The lowest BCUT2D eigenvalue weighted by atomic mass is 10.3. The molecule has 1 aromatic carbocycles. The van der Waals surface area contributed by atoms with Crippen LogP contribution in [0.4, 0.5) is 0 Å². The van der Waals surface area contributed by atoms with Gasteiger partial charge in [0.05, 0.1) is 5.56 Å². The average molecular weight is 314 g/mol. The van der Waals surface area contributed by atoms with E-state index in [0.717, 1.165) is 4.90 Å². The average Bonchev–Trinajstić information content (AvgIpc) is 2.41. The van der Waals surface area contributed by atoms with Crippen molar-refractivity contribution in [2.75, 3.05) is 5.94 Å². The highest BCUT2D eigenvalue weighted by molar-refractivity contribution is 7.99. The summed E-state index contributed by atoms with van der Waals surface area (Å²) in [5, 5.41) is 1.01. The summed E-state index contributed by atoms with van der Waals surface area (Å²) in [7, 11) is 0. The van der Waals surface area contributed by atoms with Gasteiger partial charge in [0, 0.05) is 16.1 Å². The van der Waals surface area contributed by atoms with Crippen LogP contribution in [0.3, 0.4) is 0 Å². The third-order valence-corrected chi connectivity index (χ3v) is 3.51. The lowest BCUT2D eigenvalue weighted by molar-refractivity contribution is 0.0579. The number of aromatic nitrogens is 1. The third-order valence-electron chi connectivity index (χ3n) is 2.19. The van der Waals surface area contributed by atoms with E-state index in [2.05, 4.69) is 4.98 Å². The van der Waals surface area contributed by atoms with Gasteiger partial charge < -0.3 is 4.74 Å². The topological polar surface area (TPSA) is 39.2 Å². The first kappa shape index (κ1) is 14.2. The van der Waals surface area contributed by atoms with Gasteiger partial charge in [0.15, 0.2) is 0 Å². The first-order valence-corrected chi connectivity index (χ1v) is 7.06. The van der Waals surface area contributed by atoms with Crippen molar-refractivity contribution >= 4 is 40.9 Å². The molecule has 2 aromatic rings. The molecule has 0 aliphatic carbocycles. The summed E-state index contributed by atoms with van der Waals surface area (Å²) in [5.41, 5.74) is 0.376. The predicted octanol–water partition coefficient (Wildman–Crippen LogP) is 4.30. The van der Waals surface area contributed by atoms with Gasteiger partial charge in [-0.1, -0.05) is 35.0 Å². The molecule has 1 heterocycles. The van der Waals surface area contributed by atoms with Gasteiger partial charge >= 0.3 is 5.97 Å². The second-order valence-electron chi connectivity index (χ2n) is 3.52. The summed E-state index contributed by atoms with van der Waals surface area (Å²) in [6, 6.07) is 10.4. The summed E-state index contributed by atoms with van der Waals surface area (Å²) >= 11 is 12.8. The molecular weight excluding hydrogens is 305 g/mol. The van der Waals surface area contributed by atoms with Crippen LogP contribution in [-0.2, 0) is 4.74 Å². The molecule has 6 heteroatoms. The number of carbonyl (C=O) groups is 1. The van der Waals surface area contributed by atoms with Crippen molar-refractivity contribution in [1.82, 2.24) is 4.98 Å². The Balaban J connectivity index is 1.84.